The van der Waals surface area contributed by atoms with E-state index in [0.717, 1.165) is 36.8 Å². The van der Waals surface area contributed by atoms with Crippen LogP contribution in [0.15, 0.2) is 66.9 Å². The maximum absolute atomic E-state index is 6.45. The number of aryl methyl sites for hydroxylation is 1. The molecule has 26 heavy (non-hydrogen) atoms. The van der Waals surface area contributed by atoms with E-state index in [-0.39, 0.29) is 6.04 Å². The fourth-order valence-corrected chi connectivity index (χ4v) is 4.02. The minimum absolute atomic E-state index is 0.203. The Kier molecular flexibility index (Phi) is 5.00. The number of methoxy groups -OCH3 is 1. The number of halogens is 1. The average Bonchev–Trinajstić information content (AvgIpc) is 3.05. The van der Waals surface area contributed by atoms with Crippen LogP contribution in [0.2, 0.25) is 5.02 Å². The third-order valence-electron chi connectivity index (χ3n) is 5.12. The normalized spacial score (nSPS) is 17.5. The van der Waals surface area contributed by atoms with Crippen molar-refractivity contribution in [3.63, 3.8) is 0 Å². The van der Waals surface area contributed by atoms with Gasteiger partial charge in [-0.3, -0.25) is 4.90 Å². The molecule has 0 spiro atoms. The molecule has 0 radical (unpaired) electrons. The molecule has 2 heterocycles. The highest BCUT2D eigenvalue weighted by Gasteiger charge is 2.27. The molecule has 1 aliphatic rings. The van der Waals surface area contributed by atoms with Gasteiger partial charge < -0.3 is 9.30 Å². The van der Waals surface area contributed by atoms with Crippen molar-refractivity contribution in [2.45, 2.75) is 25.6 Å². The van der Waals surface area contributed by atoms with Gasteiger partial charge in [-0.2, -0.15) is 0 Å². The summed E-state index contributed by atoms with van der Waals surface area (Å²) in [5.41, 5.74) is 3.78. The van der Waals surface area contributed by atoms with E-state index in [2.05, 4.69) is 52.1 Å². The van der Waals surface area contributed by atoms with E-state index in [1.165, 1.54) is 16.8 Å². The van der Waals surface area contributed by atoms with E-state index >= 15 is 0 Å². The standard InChI is InChI=1S/C22H23ClN2O/c1-26-19-11-9-17(10-12-19)22-21-8-4-13-24(21)14-5-15-25(22)16-18-6-2-3-7-20(18)23/h2-4,6-13,22H,5,14-16H2,1H3/t22-/m1/s1. The molecule has 2 aromatic carbocycles. The van der Waals surface area contributed by atoms with Gasteiger partial charge in [-0.1, -0.05) is 41.9 Å². The van der Waals surface area contributed by atoms with Gasteiger partial charge in [-0.15, -0.1) is 0 Å². The van der Waals surface area contributed by atoms with Crippen LogP contribution >= 0.6 is 11.6 Å². The number of aromatic nitrogens is 1. The van der Waals surface area contributed by atoms with Crippen LogP contribution in [0.5, 0.6) is 5.75 Å². The quantitative estimate of drug-likeness (QED) is 0.635. The van der Waals surface area contributed by atoms with Crippen LogP contribution in [0.1, 0.15) is 29.3 Å². The highest BCUT2D eigenvalue weighted by molar-refractivity contribution is 6.31. The third kappa shape index (κ3) is 3.37. The zero-order valence-electron chi connectivity index (χ0n) is 14.9. The first-order chi connectivity index (χ1) is 12.8. The topological polar surface area (TPSA) is 17.4 Å². The summed E-state index contributed by atoms with van der Waals surface area (Å²) >= 11 is 6.45. The van der Waals surface area contributed by atoms with Gasteiger partial charge in [0.05, 0.1) is 13.2 Å². The molecule has 0 saturated carbocycles. The first-order valence-corrected chi connectivity index (χ1v) is 9.40. The monoisotopic (exact) mass is 366 g/mol. The van der Waals surface area contributed by atoms with Crippen LogP contribution in [0.3, 0.4) is 0 Å². The van der Waals surface area contributed by atoms with E-state index in [9.17, 15) is 0 Å². The summed E-state index contributed by atoms with van der Waals surface area (Å²) in [5, 5.41) is 0.834. The Labute approximate surface area is 159 Å². The van der Waals surface area contributed by atoms with Crippen LogP contribution in [0, 0.1) is 0 Å². The molecule has 1 aliphatic heterocycles. The summed E-state index contributed by atoms with van der Waals surface area (Å²) in [5.74, 6) is 0.885. The van der Waals surface area contributed by atoms with Crippen molar-refractivity contribution in [1.29, 1.82) is 0 Å². The second-order valence-corrected chi connectivity index (χ2v) is 7.12. The van der Waals surface area contributed by atoms with Gasteiger partial charge in [-0.05, 0) is 47.9 Å². The molecule has 0 amide bonds. The van der Waals surface area contributed by atoms with Crippen molar-refractivity contribution >= 4 is 11.6 Å². The third-order valence-corrected chi connectivity index (χ3v) is 5.49. The summed E-state index contributed by atoms with van der Waals surface area (Å²) in [7, 11) is 1.70. The van der Waals surface area contributed by atoms with Crippen LogP contribution in [-0.2, 0) is 13.1 Å². The molecule has 0 aliphatic carbocycles. The van der Waals surface area contributed by atoms with Gasteiger partial charge >= 0.3 is 0 Å². The lowest BCUT2D eigenvalue weighted by molar-refractivity contribution is 0.220. The molecule has 0 saturated heterocycles. The minimum atomic E-state index is 0.203. The lowest BCUT2D eigenvalue weighted by atomic mass is 10.0. The van der Waals surface area contributed by atoms with Crippen LogP contribution in [0.4, 0.5) is 0 Å². The highest BCUT2D eigenvalue weighted by atomic mass is 35.5. The van der Waals surface area contributed by atoms with Crippen LogP contribution in [-0.4, -0.2) is 23.1 Å². The molecule has 1 aromatic heterocycles. The molecular weight excluding hydrogens is 344 g/mol. The second kappa shape index (κ2) is 7.56. The molecule has 134 valence electrons. The maximum Gasteiger partial charge on any atom is 0.118 e. The lowest BCUT2D eigenvalue weighted by Gasteiger charge is -2.31. The number of hydrogen-bond donors (Lipinski definition) is 0. The highest BCUT2D eigenvalue weighted by Crippen LogP contribution is 2.34. The predicted molar refractivity (Wildman–Crippen MR) is 106 cm³/mol. The minimum Gasteiger partial charge on any atom is -0.497 e. The number of rotatable bonds is 4. The van der Waals surface area contributed by atoms with Crippen molar-refractivity contribution in [1.82, 2.24) is 9.47 Å². The molecule has 0 fully saturated rings. The smallest absolute Gasteiger partial charge is 0.118 e. The van der Waals surface area contributed by atoms with Crippen LogP contribution < -0.4 is 4.74 Å². The molecule has 0 N–H and O–H groups in total. The van der Waals surface area contributed by atoms with E-state index in [1.807, 2.05) is 24.3 Å². The maximum atomic E-state index is 6.45. The number of nitrogens with zero attached hydrogens (tertiary/aromatic N) is 2. The summed E-state index contributed by atoms with van der Waals surface area (Å²) in [4.78, 5) is 2.53. The van der Waals surface area contributed by atoms with Gasteiger partial charge in [0.15, 0.2) is 0 Å². The summed E-state index contributed by atoms with van der Waals surface area (Å²) in [6, 6.07) is 21.2. The Hall–Kier alpha value is -2.23. The zero-order chi connectivity index (χ0) is 17.9. The number of benzene rings is 2. The van der Waals surface area contributed by atoms with Gasteiger partial charge in [-0.25, -0.2) is 0 Å². The van der Waals surface area contributed by atoms with Gasteiger partial charge in [0.2, 0.25) is 0 Å². The molecule has 1 atom stereocenters. The van der Waals surface area contributed by atoms with E-state index < -0.39 is 0 Å². The second-order valence-electron chi connectivity index (χ2n) is 6.72. The zero-order valence-corrected chi connectivity index (χ0v) is 15.7. The number of hydrogen-bond acceptors (Lipinski definition) is 2. The molecule has 3 aromatic rings. The molecule has 0 unspecified atom stereocenters. The Balaban J connectivity index is 1.74. The van der Waals surface area contributed by atoms with Crippen molar-refractivity contribution < 1.29 is 4.74 Å². The fraction of sp³-hybridized carbons (Fsp3) is 0.273. The number of ether oxygens (including phenoxy) is 1. The Morgan fingerprint density at radius 3 is 2.58 bits per heavy atom. The Bertz CT molecular complexity index is 872. The summed E-state index contributed by atoms with van der Waals surface area (Å²) < 4.78 is 7.71. The predicted octanol–water partition coefficient (Wildman–Crippen LogP) is 5.15. The van der Waals surface area contributed by atoms with Crippen LogP contribution in [0.25, 0.3) is 0 Å². The van der Waals surface area contributed by atoms with E-state index in [0.29, 0.717) is 0 Å². The molecular formula is C22H23ClN2O. The SMILES string of the molecule is COc1ccc([C@@H]2c3cccn3CCCN2Cc2ccccc2Cl)cc1. The Morgan fingerprint density at radius 1 is 1.00 bits per heavy atom. The van der Waals surface area contributed by atoms with E-state index in [1.54, 1.807) is 7.11 Å². The van der Waals surface area contributed by atoms with Crippen molar-refractivity contribution in [3.05, 3.63) is 88.7 Å². The lowest BCUT2D eigenvalue weighted by Crippen LogP contribution is -2.29. The van der Waals surface area contributed by atoms with Crippen molar-refractivity contribution in [2.75, 3.05) is 13.7 Å². The molecule has 3 nitrogen and oxygen atoms in total. The largest absolute Gasteiger partial charge is 0.497 e. The fourth-order valence-electron chi connectivity index (χ4n) is 3.82. The first kappa shape index (κ1) is 17.2. The van der Waals surface area contributed by atoms with Crippen molar-refractivity contribution in [3.8, 4) is 5.75 Å². The summed E-state index contributed by atoms with van der Waals surface area (Å²) in [6.45, 7) is 2.92. The Morgan fingerprint density at radius 2 is 1.81 bits per heavy atom. The van der Waals surface area contributed by atoms with Gasteiger partial charge in [0.25, 0.3) is 0 Å². The first-order valence-electron chi connectivity index (χ1n) is 9.03. The molecule has 4 rings (SSSR count). The summed E-state index contributed by atoms with van der Waals surface area (Å²) in [6.07, 6.45) is 3.31. The van der Waals surface area contributed by atoms with Gasteiger partial charge in [0.1, 0.15) is 5.75 Å². The van der Waals surface area contributed by atoms with E-state index in [4.69, 9.17) is 16.3 Å². The van der Waals surface area contributed by atoms with Gasteiger partial charge in [0, 0.05) is 36.5 Å². The number of fused-ring (bicyclic) bond motifs is 1. The molecule has 4 heteroatoms. The average molecular weight is 367 g/mol. The van der Waals surface area contributed by atoms with Crippen molar-refractivity contribution in [2.24, 2.45) is 0 Å². The molecule has 0 bridgehead atoms.